The molecular weight excluding hydrogens is 671 g/mol. The molecule has 3 aliphatic heterocycles. The Morgan fingerprint density at radius 1 is 1.06 bits per heavy atom. The van der Waals surface area contributed by atoms with Gasteiger partial charge in [0, 0.05) is 53.5 Å². The molecule has 4 atom stereocenters. The Balaban J connectivity index is 1.10. The number of phenols is 1. The lowest BCUT2D eigenvalue weighted by molar-refractivity contribution is 0.105. The van der Waals surface area contributed by atoms with Gasteiger partial charge in [-0.05, 0) is 75.2 Å². The average molecular weight is 710 g/mol. The van der Waals surface area contributed by atoms with E-state index in [-0.39, 0.29) is 68.2 Å². The van der Waals surface area contributed by atoms with Gasteiger partial charge in [-0.2, -0.15) is 15.2 Å². The molecule has 5 heterocycles. The molecule has 5 aliphatic rings. The van der Waals surface area contributed by atoms with Crippen LogP contribution in [0.4, 0.5) is 19.0 Å². The molecule has 268 valence electrons. The van der Waals surface area contributed by atoms with Crippen LogP contribution in [0.3, 0.4) is 0 Å². The first-order chi connectivity index (χ1) is 25.2. The number of terminal acetylenes is 1. The third-order valence-electron chi connectivity index (χ3n) is 12.2. The van der Waals surface area contributed by atoms with E-state index in [0.717, 1.165) is 45.3 Å². The molecule has 2 aromatic heterocycles. The number of aromatic hydroxyl groups is 1. The van der Waals surface area contributed by atoms with Gasteiger partial charge in [-0.3, -0.25) is 0 Å². The first-order valence-corrected chi connectivity index (χ1v) is 17.9. The number of hydrogen-bond donors (Lipinski definition) is 2. The van der Waals surface area contributed by atoms with Crippen molar-refractivity contribution < 1.29 is 27.8 Å². The van der Waals surface area contributed by atoms with Gasteiger partial charge >= 0.3 is 6.01 Å². The van der Waals surface area contributed by atoms with Crippen LogP contribution in [-0.2, 0) is 0 Å². The van der Waals surface area contributed by atoms with Crippen molar-refractivity contribution in [3.05, 3.63) is 41.5 Å². The van der Waals surface area contributed by atoms with Crippen LogP contribution in [0.5, 0.6) is 17.6 Å². The maximum atomic E-state index is 17.1. The number of alkyl halides is 1. The number of nitrogens with zero attached hydrogens (tertiary/aromatic N) is 6. The van der Waals surface area contributed by atoms with E-state index in [1.807, 2.05) is 0 Å². The Bertz CT molecular complexity index is 2200. The van der Waals surface area contributed by atoms with Gasteiger partial charge in [-0.25, -0.2) is 18.2 Å². The number of fused-ring (bicyclic) bond motifs is 4. The molecule has 52 heavy (non-hydrogen) atoms. The number of ether oxygens (including phenoxy) is 2. The van der Waals surface area contributed by atoms with Crippen LogP contribution in [0.1, 0.15) is 44.1 Å². The third kappa shape index (κ3) is 5.28. The number of anilines is 1. The van der Waals surface area contributed by atoms with Gasteiger partial charge in [0.15, 0.2) is 5.82 Å². The minimum absolute atomic E-state index is 0.0154. The smallest absolute Gasteiger partial charge is 0.319 e. The van der Waals surface area contributed by atoms with Crippen LogP contribution in [0.15, 0.2) is 24.3 Å². The fraction of sp³-hybridized carbons (Fsp3) is 0.487. The Morgan fingerprint density at radius 3 is 2.46 bits per heavy atom. The number of nitriles is 1. The quantitative estimate of drug-likeness (QED) is 0.227. The lowest BCUT2D eigenvalue weighted by atomic mass is 9.90. The van der Waals surface area contributed by atoms with E-state index >= 15 is 4.39 Å². The molecule has 9 rings (SSSR count). The molecule has 2 aliphatic carbocycles. The Morgan fingerprint density at radius 2 is 1.81 bits per heavy atom. The molecule has 10 nitrogen and oxygen atoms in total. The Kier molecular flexibility index (Phi) is 7.69. The highest BCUT2D eigenvalue weighted by atomic mass is 19.1. The van der Waals surface area contributed by atoms with Crippen molar-refractivity contribution in [1.29, 1.82) is 5.26 Å². The van der Waals surface area contributed by atoms with E-state index in [0.29, 0.717) is 43.7 Å². The summed E-state index contributed by atoms with van der Waals surface area (Å²) in [7, 11) is 1.43. The molecule has 2 aromatic carbocycles. The molecule has 2 N–H and O–H groups in total. The first kappa shape index (κ1) is 33.0. The van der Waals surface area contributed by atoms with E-state index in [9.17, 15) is 19.1 Å². The molecule has 1 spiro atoms. The number of aromatic nitrogens is 3. The van der Waals surface area contributed by atoms with E-state index < -0.39 is 29.1 Å². The number of nitrogens with one attached hydrogen (secondary N) is 1. The highest BCUT2D eigenvalue weighted by Gasteiger charge is 2.66. The number of piperazine rings is 1. The molecule has 0 amide bonds. The predicted molar refractivity (Wildman–Crippen MR) is 188 cm³/mol. The van der Waals surface area contributed by atoms with E-state index in [4.69, 9.17) is 20.9 Å². The number of methoxy groups -OCH3 is 1. The summed E-state index contributed by atoms with van der Waals surface area (Å²) in [4.78, 5) is 18.6. The molecule has 4 aromatic rings. The van der Waals surface area contributed by atoms with Crippen LogP contribution >= 0.6 is 0 Å². The van der Waals surface area contributed by atoms with Crippen molar-refractivity contribution in [3.8, 4) is 47.3 Å². The number of likely N-dealkylation sites (tertiary alicyclic amines) is 1. The largest absolute Gasteiger partial charge is 0.508 e. The number of benzene rings is 2. The van der Waals surface area contributed by atoms with Crippen molar-refractivity contribution in [2.75, 3.05) is 51.3 Å². The summed E-state index contributed by atoms with van der Waals surface area (Å²) < 4.78 is 58.7. The van der Waals surface area contributed by atoms with Crippen LogP contribution in [-0.4, -0.2) is 89.7 Å². The minimum atomic E-state index is -1.02. The summed E-state index contributed by atoms with van der Waals surface area (Å²) in [5.74, 6) is 0.766. The third-order valence-corrected chi connectivity index (χ3v) is 12.2. The summed E-state index contributed by atoms with van der Waals surface area (Å²) in [6, 6.07) is 8.08. The molecule has 0 radical (unpaired) electrons. The fourth-order valence-corrected chi connectivity index (χ4v) is 9.01. The second kappa shape index (κ2) is 12.1. The van der Waals surface area contributed by atoms with Crippen molar-refractivity contribution >= 4 is 27.5 Å². The molecule has 13 heteroatoms. The second-order valence-corrected chi connectivity index (χ2v) is 15.3. The first-order valence-electron chi connectivity index (χ1n) is 17.9. The Labute approximate surface area is 298 Å². The van der Waals surface area contributed by atoms with Crippen LogP contribution < -0.4 is 19.7 Å². The van der Waals surface area contributed by atoms with Crippen molar-refractivity contribution in [2.45, 2.75) is 56.8 Å². The number of pyridine rings is 1. The molecule has 5 fully saturated rings. The van der Waals surface area contributed by atoms with Gasteiger partial charge in [0.05, 0.1) is 31.3 Å². The van der Waals surface area contributed by atoms with Crippen LogP contribution in [0, 0.1) is 52.1 Å². The molecule has 2 saturated carbocycles. The lowest BCUT2D eigenvalue weighted by Crippen LogP contribution is -2.51. The van der Waals surface area contributed by atoms with Gasteiger partial charge < -0.3 is 29.7 Å². The van der Waals surface area contributed by atoms with Crippen molar-refractivity contribution in [1.82, 2.24) is 25.2 Å². The summed E-state index contributed by atoms with van der Waals surface area (Å²) in [6.07, 6.45) is 9.98. The normalized spacial score (nSPS) is 25.6. The van der Waals surface area contributed by atoms with Gasteiger partial charge in [-0.15, -0.1) is 6.42 Å². The average Bonchev–Trinajstić information content (AvgIpc) is 4.00. The number of rotatable bonds is 8. The predicted octanol–water partition coefficient (Wildman–Crippen LogP) is 5.49. The Hall–Kier alpha value is -4.85. The summed E-state index contributed by atoms with van der Waals surface area (Å²) in [5.41, 5.74) is -0.894. The van der Waals surface area contributed by atoms with E-state index in [2.05, 4.69) is 37.1 Å². The lowest BCUT2D eigenvalue weighted by Gasteiger charge is -2.35. The summed E-state index contributed by atoms with van der Waals surface area (Å²) in [6.45, 7) is 3.84. The maximum Gasteiger partial charge on any atom is 0.319 e. The summed E-state index contributed by atoms with van der Waals surface area (Å²) in [5, 5.41) is 24.5. The minimum Gasteiger partial charge on any atom is -0.508 e. The van der Waals surface area contributed by atoms with E-state index in [1.165, 1.54) is 31.4 Å². The number of halogens is 3. The van der Waals surface area contributed by atoms with Crippen LogP contribution in [0.25, 0.3) is 32.9 Å². The van der Waals surface area contributed by atoms with Gasteiger partial charge in [-0.1, -0.05) is 12.0 Å². The standard InChI is InChI=1S/C39H38F3N7O3/c1-3-25-28(40)7-4-21-14-24(50)15-26(29(21)25)32-31(41)33-30(36(45-32)51-2)35(49-17-22-5-6-23(18-49)44-22)47-37(46-33)52-20-38(8-9-38)19-48-12-10-39(11-13-48)27(16-43)34(39)42/h1,4,7,14-15,22-23,27,34,44,50H,5-6,8-13,17-20H2,2H3. The topological polar surface area (TPSA) is 120 Å². The van der Waals surface area contributed by atoms with Crippen LogP contribution in [0.2, 0.25) is 0 Å². The summed E-state index contributed by atoms with van der Waals surface area (Å²) >= 11 is 0. The maximum absolute atomic E-state index is 17.1. The SMILES string of the molecule is C#Cc1c(F)ccc2cc(O)cc(-c3nc(OC)c4c(N5CC6CCC(C5)N6)nc(OCC5(CN6CCC7(CC6)C(F)C7C#N)CC5)nc4c3F)c12. The number of hydrogen-bond acceptors (Lipinski definition) is 10. The van der Waals surface area contributed by atoms with Gasteiger partial charge in [0.2, 0.25) is 5.88 Å². The zero-order valence-electron chi connectivity index (χ0n) is 28.8. The molecule has 4 unspecified atom stereocenters. The van der Waals surface area contributed by atoms with Crippen molar-refractivity contribution in [2.24, 2.45) is 16.7 Å². The van der Waals surface area contributed by atoms with Gasteiger partial charge in [0.25, 0.3) is 0 Å². The fourth-order valence-electron chi connectivity index (χ4n) is 9.01. The molecule has 3 saturated heterocycles. The number of piperidine rings is 1. The van der Waals surface area contributed by atoms with Gasteiger partial charge in [0.1, 0.15) is 40.2 Å². The van der Waals surface area contributed by atoms with E-state index in [1.54, 1.807) is 0 Å². The number of phenolic OH excluding ortho intramolecular Hbond substituents is 1. The molecular formula is C39H38F3N7O3. The highest BCUT2D eigenvalue weighted by Crippen LogP contribution is 2.61. The highest BCUT2D eigenvalue weighted by molar-refractivity contribution is 6.04. The second-order valence-electron chi connectivity index (χ2n) is 15.3. The monoisotopic (exact) mass is 709 g/mol. The zero-order chi connectivity index (χ0) is 35.9. The molecule has 2 bridgehead atoms. The van der Waals surface area contributed by atoms with Crippen molar-refractivity contribution in [3.63, 3.8) is 0 Å². The zero-order valence-corrected chi connectivity index (χ0v) is 28.8.